The molecule has 29 heavy (non-hydrogen) atoms. The Kier molecular flexibility index (Phi) is 4.82. The number of imidazole rings is 1. The van der Waals surface area contributed by atoms with Crippen molar-refractivity contribution in [3.05, 3.63) is 82.4 Å². The van der Waals surface area contributed by atoms with Gasteiger partial charge < -0.3 is 9.55 Å². The summed E-state index contributed by atoms with van der Waals surface area (Å²) in [6.07, 6.45) is 2.90. The zero-order valence-electron chi connectivity index (χ0n) is 17.2. The molecule has 0 saturated carbocycles. The molecule has 4 rings (SSSR count). The molecule has 0 fully saturated rings. The number of nitrogens with one attached hydrogen (secondary N) is 1. The van der Waals surface area contributed by atoms with Crippen molar-refractivity contribution in [2.75, 3.05) is 0 Å². The Morgan fingerprint density at radius 2 is 1.93 bits per heavy atom. The highest BCUT2D eigenvalue weighted by atomic mass is 15.0. The van der Waals surface area contributed by atoms with Gasteiger partial charge in [0.15, 0.2) is 0 Å². The van der Waals surface area contributed by atoms with Crippen LogP contribution >= 0.6 is 0 Å². The van der Waals surface area contributed by atoms with Crippen LogP contribution in [0.3, 0.4) is 0 Å². The number of nitriles is 1. The number of fused-ring (bicyclic) bond motifs is 1. The largest absolute Gasteiger partial charge is 0.337 e. The molecular formula is C25H24N4. The van der Waals surface area contributed by atoms with E-state index in [1.807, 2.05) is 31.2 Å². The minimum Gasteiger partial charge on any atom is -0.337 e. The molecule has 4 aromatic rings. The van der Waals surface area contributed by atoms with Gasteiger partial charge >= 0.3 is 0 Å². The number of aromatic amines is 1. The van der Waals surface area contributed by atoms with Crippen LogP contribution < -0.4 is 0 Å². The summed E-state index contributed by atoms with van der Waals surface area (Å²) in [7, 11) is 0. The molecule has 2 heterocycles. The van der Waals surface area contributed by atoms with Gasteiger partial charge in [-0.05, 0) is 74.2 Å². The second kappa shape index (κ2) is 7.44. The molecule has 144 valence electrons. The predicted octanol–water partition coefficient (Wildman–Crippen LogP) is 5.91. The number of allylic oxidation sites excluding steroid dienone is 1. The van der Waals surface area contributed by atoms with Crippen LogP contribution in [-0.4, -0.2) is 14.5 Å². The zero-order chi connectivity index (χ0) is 20.5. The minimum atomic E-state index is 0.530. The average molecular weight is 380 g/mol. The van der Waals surface area contributed by atoms with Gasteiger partial charge in [0, 0.05) is 17.1 Å². The molecule has 0 spiro atoms. The summed E-state index contributed by atoms with van der Waals surface area (Å²) in [5, 5.41) is 9.80. The maximum Gasteiger partial charge on any atom is 0.149 e. The van der Waals surface area contributed by atoms with E-state index in [1.165, 1.54) is 11.3 Å². The number of benzene rings is 2. The van der Waals surface area contributed by atoms with Crippen molar-refractivity contribution in [3.63, 3.8) is 0 Å². The Balaban J connectivity index is 1.82. The molecule has 0 aliphatic heterocycles. The second-order valence-corrected chi connectivity index (χ2v) is 7.42. The number of nitrogens with zero attached hydrogens (tertiary/aromatic N) is 3. The molecule has 1 N–H and O–H groups in total. The Morgan fingerprint density at radius 1 is 1.14 bits per heavy atom. The fourth-order valence-corrected chi connectivity index (χ4v) is 3.89. The van der Waals surface area contributed by atoms with E-state index in [-0.39, 0.29) is 0 Å². The van der Waals surface area contributed by atoms with Gasteiger partial charge in [0.05, 0.1) is 16.6 Å². The highest BCUT2D eigenvalue weighted by Crippen LogP contribution is 2.27. The van der Waals surface area contributed by atoms with E-state index < -0.39 is 0 Å². The van der Waals surface area contributed by atoms with Crippen LogP contribution in [0.4, 0.5) is 0 Å². The molecule has 0 aliphatic carbocycles. The van der Waals surface area contributed by atoms with Gasteiger partial charge in [-0.25, -0.2) is 4.98 Å². The molecule has 0 unspecified atom stereocenters. The maximum absolute atomic E-state index is 9.80. The van der Waals surface area contributed by atoms with Crippen LogP contribution in [-0.2, 0) is 6.42 Å². The number of hydrogen-bond acceptors (Lipinski definition) is 2. The Morgan fingerprint density at radius 3 is 2.69 bits per heavy atom. The molecule has 0 aliphatic rings. The van der Waals surface area contributed by atoms with E-state index in [1.54, 1.807) is 0 Å². The number of H-pyrrole nitrogens is 1. The molecule has 4 nitrogen and oxygen atoms in total. The third kappa shape index (κ3) is 3.36. The number of para-hydroxylation sites is 1. The van der Waals surface area contributed by atoms with Crippen molar-refractivity contribution in [2.45, 2.75) is 34.1 Å². The quantitative estimate of drug-likeness (QED) is 0.448. The molecule has 2 aromatic carbocycles. The normalized spacial score (nSPS) is 11.8. The fraction of sp³-hybridized carbons (Fsp3) is 0.200. The van der Waals surface area contributed by atoms with Crippen molar-refractivity contribution in [3.8, 4) is 11.8 Å². The second-order valence-electron chi connectivity index (χ2n) is 7.42. The Labute approximate surface area is 171 Å². The van der Waals surface area contributed by atoms with E-state index >= 15 is 0 Å². The first kappa shape index (κ1) is 18.8. The van der Waals surface area contributed by atoms with Crippen molar-refractivity contribution in [1.29, 1.82) is 5.26 Å². The van der Waals surface area contributed by atoms with Crippen LogP contribution in [0.2, 0.25) is 0 Å². The van der Waals surface area contributed by atoms with Gasteiger partial charge in [-0.2, -0.15) is 5.26 Å². The lowest BCUT2D eigenvalue weighted by atomic mass is 10.1. The van der Waals surface area contributed by atoms with Crippen LogP contribution in [0.25, 0.3) is 28.4 Å². The summed E-state index contributed by atoms with van der Waals surface area (Å²) in [5.74, 6) is 0.604. The monoisotopic (exact) mass is 380 g/mol. The highest BCUT2D eigenvalue weighted by molar-refractivity contribution is 5.91. The summed E-state index contributed by atoms with van der Waals surface area (Å²) in [4.78, 5) is 7.90. The molecule has 4 heteroatoms. The summed E-state index contributed by atoms with van der Waals surface area (Å²) < 4.78 is 2.27. The lowest BCUT2D eigenvalue weighted by molar-refractivity contribution is 0.936. The molecule has 0 saturated heterocycles. The highest BCUT2D eigenvalue weighted by Gasteiger charge is 2.14. The van der Waals surface area contributed by atoms with E-state index in [2.05, 4.69) is 71.7 Å². The van der Waals surface area contributed by atoms with Gasteiger partial charge in [0.25, 0.3) is 0 Å². The topological polar surface area (TPSA) is 57.4 Å². The van der Waals surface area contributed by atoms with E-state index in [9.17, 15) is 5.26 Å². The van der Waals surface area contributed by atoms with Gasteiger partial charge in [0.1, 0.15) is 11.9 Å². The van der Waals surface area contributed by atoms with Crippen molar-refractivity contribution >= 4 is 22.7 Å². The van der Waals surface area contributed by atoms with Crippen molar-refractivity contribution in [1.82, 2.24) is 14.5 Å². The van der Waals surface area contributed by atoms with Crippen LogP contribution in [0.5, 0.6) is 0 Å². The van der Waals surface area contributed by atoms with E-state index in [4.69, 9.17) is 0 Å². The van der Waals surface area contributed by atoms with E-state index in [0.29, 0.717) is 11.4 Å². The standard InChI is InChI=1S/C25H24N4/c1-5-19-8-6-7-9-24(19)29-17(3)13-20(18(29)4)14-21(15-26)25-27-22-11-10-16(2)12-23(22)28-25/h6-14H,5H2,1-4H3,(H,27,28)/b21-14-. The molecule has 0 radical (unpaired) electrons. The summed E-state index contributed by atoms with van der Waals surface area (Å²) in [6.45, 7) is 8.42. The molecule has 0 atom stereocenters. The van der Waals surface area contributed by atoms with Gasteiger partial charge in [0.2, 0.25) is 0 Å². The third-order valence-corrected chi connectivity index (χ3v) is 5.40. The maximum atomic E-state index is 9.80. The summed E-state index contributed by atoms with van der Waals surface area (Å²) >= 11 is 0. The minimum absolute atomic E-state index is 0.530. The van der Waals surface area contributed by atoms with Gasteiger partial charge in [-0.1, -0.05) is 31.2 Å². The first-order chi connectivity index (χ1) is 14.0. The van der Waals surface area contributed by atoms with Crippen molar-refractivity contribution < 1.29 is 0 Å². The number of rotatable bonds is 4. The Hall–Kier alpha value is -3.58. The predicted molar refractivity (Wildman–Crippen MR) is 119 cm³/mol. The zero-order valence-corrected chi connectivity index (χ0v) is 17.2. The molecule has 2 aromatic heterocycles. The number of aromatic nitrogens is 3. The lowest BCUT2D eigenvalue weighted by Gasteiger charge is -2.14. The summed E-state index contributed by atoms with van der Waals surface area (Å²) in [5.41, 5.74) is 9.30. The average Bonchev–Trinajstić information content (AvgIpc) is 3.25. The molecule has 0 amide bonds. The molecule has 0 bridgehead atoms. The fourth-order valence-electron chi connectivity index (χ4n) is 3.89. The number of aryl methyl sites for hydroxylation is 3. The smallest absolute Gasteiger partial charge is 0.149 e. The van der Waals surface area contributed by atoms with Crippen LogP contribution in [0.15, 0.2) is 48.5 Å². The summed E-state index contributed by atoms with van der Waals surface area (Å²) in [6, 6.07) is 19.0. The first-order valence-corrected chi connectivity index (χ1v) is 9.87. The number of hydrogen-bond donors (Lipinski definition) is 1. The Bertz CT molecular complexity index is 1280. The first-order valence-electron chi connectivity index (χ1n) is 9.87. The third-order valence-electron chi connectivity index (χ3n) is 5.40. The van der Waals surface area contributed by atoms with Crippen molar-refractivity contribution in [2.24, 2.45) is 0 Å². The van der Waals surface area contributed by atoms with Crippen LogP contribution in [0.1, 0.15) is 40.8 Å². The SMILES string of the molecule is CCc1ccccc1-n1c(C)cc(/C=C(/C#N)c2nc3ccc(C)cc3[nH]2)c1C. The molecular weight excluding hydrogens is 356 g/mol. The van der Waals surface area contributed by atoms with E-state index in [0.717, 1.165) is 40.0 Å². The van der Waals surface area contributed by atoms with Gasteiger partial charge in [-0.3, -0.25) is 0 Å². The lowest BCUT2D eigenvalue weighted by Crippen LogP contribution is -2.02. The van der Waals surface area contributed by atoms with Gasteiger partial charge in [-0.15, -0.1) is 0 Å². The van der Waals surface area contributed by atoms with Crippen LogP contribution in [0, 0.1) is 32.1 Å².